The van der Waals surface area contributed by atoms with Crippen LogP contribution in [0.5, 0.6) is 5.75 Å². The zero-order valence-electron chi connectivity index (χ0n) is 9.56. The average molecular weight is 232 g/mol. The maximum atomic E-state index is 11.3. The highest BCUT2D eigenvalue weighted by molar-refractivity contribution is 5.94. The number of anilines is 1. The second-order valence-electron chi connectivity index (χ2n) is 3.50. The number of benzene rings is 1. The number of aromatic nitrogens is 1. The van der Waals surface area contributed by atoms with Gasteiger partial charge in [-0.25, -0.2) is 9.78 Å². The van der Waals surface area contributed by atoms with Gasteiger partial charge in [-0.1, -0.05) is 0 Å². The van der Waals surface area contributed by atoms with Crippen molar-refractivity contribution in [1.82, 2.24) is 4.98 Å². The SMILES string of the molecule is COC(=O)c1cc2cc(N)c(OC)cc2cn1. The Labute approximate surface area is 98.2 Å². The van der Waals surface area contributed by atoms with Crippen LogP contribution in [0.25, 0.3) is 10.8 Å². The van der Waals surface area contributed by atoms with Crippen molar-refractivity contribution in [1.29, 1.82) is 0 Å². The summed E-state index contributed by atoms with van der Waals surface area (Å²) in [6.45, 7) is 0. The van der Waals surface area contributed by atoms with E-state index in [2.05, 4.69) is 9.72 Å². The molecule has 0 aliphatic carbocycles. The van der Waals surface area contributed by atoms with Crippen LogP contribution in [-0.4, -0.2) is 25.2 Å². The van der Waals surface area contributed by atoms with Crippen LogP contribution >= 0.6 is 0 Å². The fraction of sp³-hybridized carbons (Fsp3) is 0.167. The highest BCUT2D eigenvalue weighted by Crippen LogP contribution is 2.27. The van der Waals surface area contributed by atoms with E-state index in [0.717, 1.165) is 10.8 Å². The third-order valence-corrected chi connectivity index (χ3v) is 2.46. The Bertz CT molecular complexity index is 581. The summed E-state index contributed by atoms with van der Waals surface area (Å²) in [5.41, 5.74) is 6.56. The van der Waals surface area contributed by atoms with Crippen LogP contribution in [-0.2, 0) is 4.74 Å². The third kappa shape index (κ3) is 1.99. The minimum atomic E-state index is -0.471. The molecule has 0 bridgehead atoms. The minimum Gasteiger partial charge on any atom is -0.495 e. The second kappa shape index (κ2) is 4.29. The molecule has 0 amide bonds. The minimum absolute atomic E-state index is 0.254. The number of carbonyl (C=O) groups is 1. The van der Waals surface area contributed by atoms with E-state index in [1.54, 1.807) is 31.5 Å². The van der Waals surface area contributed by atoms with Gasteiger partial charge in [-0.3, -0.25) is 0 Å². The van der Waals surface area contributed by atoms with Crippen LogP contribution in [0.15, 0.2) is 24.4 Å². The highest BCUT2D eigenvalue weighted by Gasteiger charge is 2.09. The van der Waals surface area contributed by atoms with Crippen molar-refractivity contribution in [2.45, 2.75) is 0 Å². The molecule has 1 heterocycles. The number of nitrogens with zero attached hydrogens (tertiary/aromatic N) is 1. The third-order valence-electron chi connectivity index (χ3n) is 2.46. The van der Waals surface area contributed by atoms with Gasteiger partial charge in [0, 0.05) is 11.6 Å². The molecule has 0 unspecified atom stereocenters. The zero-order valence-corrected chi connectivity index (χ0v) is 9.56. The number of pyridine rings is 1. The standard InChI is InChI=1S/C12H12N2O3/c1-16-11-5-8-6-14-10(12(15)17-2)4-7(8)3-9(11)13/h3-6H,13H2,1-2H3. The first-order valence-electron chi connectivity index (χ1n) is 4.97. The van der Waals surface area contributed by atoms with Crippen molar-refractivity contribution in [2.75, 3.05) is 20.0 Å². The summed E-state index contributed by atoms with van der Waals surface area (Å²) < 4.78 is 9.71. The van der Waals surface area contributed by atoms with Gasteiger partial charge in [0.15, 0.2) is 0 Å². The van der Waals surface area contributed by atoms with Crippen LogP contribution in [0.4, 0.5) is 5.69 Å². The number of ether oxygens (including phenoxy) is 2. The predicted molar refractivity (Wildman–Crippen MR) is 64.0 cm³/mol. The van der Waals surface area contributed by atoms with Crippen molar-refractivity contribution in [3.8, 4) is 5.75 Å². The van der Waals surface area contributed by atoms with Gasteiger partial charge in [0.25, 0.3) is 0 Å². The molecule has 88 valence electrons. The number of hydrogen-bond donors (Lipinski definition) is 1. The van der Waals surface area contributed by atoms with Crippen molar-refractivity contribution >= 4 is 22.4 Å². The number of carbonyl (C=O) groups excluding carboxylic acids is 1. The van der Waals surface area contributed by atoms with Crippen LogP contribution < -0.4 is 10.5 Å². The van der Waals surface area contributed by atoms with Gasteiger partial charge in [0.1, 0.15) is 11.4 Å². The van der Waals surface area contributed by atoms with Crippen molar-refractivity contribution in [3.05, 3.63) is 30.1 Å². The van der Waals surface area contributed by atoms with Gasteiger partial charge in [-0.15, -0.1) is 0 Å². The van der Waals surface area contributed by atoms with Crippen LogP contribution in [0.3, 0.4) is 0 Å². The Balaban J connectivity index is 2.59. The summed E-state index contributed by atoms with van der Waals surface area (Å²) in [5.74, 6) is 0.117. The van der Waals surface area contributed by atoms with Crippen LogP contribution in [0.1, 0.15) is 10.5 Å². The lowest BCUT2D eigenvalue weighted by atomic mass is 10.1. The largest absolute Gasteiger partial charge is 0.495 e. The molecule has 17 heavy (non-hydrogen) atoms. The van der Waals surface area contributed by atoms with E-state index in [9.17, 15) is 4.79 Å². The molecule has 0 fully saturated rings. The van der Waals surface area contributed by atoms with Gasteiger partial charge >= 0.3 is 5.97 Å². The number of rotatable bonds is 2. The summed E-state index contributed by atoms with van der Waals surface area (Å²) >= 11 is 0. The summed E-state index contributed by atoms with van der Waals surface area (Å²) in [7, 11) is 2.87. The maximum Gasteiger partial charge on any atom is 0.356 e. The number of nitrogens with two attached hydrogens (primary N) is 1. The molecule has 2 rings (SSSR count). The smallest absolute Gasteiger partial charge is 0.356 e. The molecule has 2 N–H and O–H groups in total. The molecule has 1 aromatic heterocycles. The van der Waals surface area contributed by atoms with Gasteiger partial charge in [0.05, 0.1) is 19.9 Å². The Morgan fingerprint density at radius 3 is 2.65 bits per heavy atom. The highest BCUT2D eigenvalue weighted by atomic mass is 16.5. The Hall–Kier alpha value is -2.30. The molecule has 0 aliphatic rings. The molecular weight excluding hydrogens is 220 g/mol. The molecule has 1 aromatic carbocycles. The maximum absolute atomic E-state index is 11.3. The van der Waals surface area contributed by atoms with Crippen molar-refractivity contribution < 1.29 is 14.3 Å². The van der Waals surface area contributed by atoms with E-state index in [-0.39, 0.29) is 5.69 Å². The lowest BCUT2D eigenvalue weighted by molar-refractivity contribution is 0.0594. The fourth-order valence-electron chi connectivity index (χ4n) is 1.58. The number of methoxy groups -OCH3 is 2. The molecule has 2 aromatic rings. The zero-order chi connectivity index (χ0) is 12.4. The lowest BCUT2D eigenvalue weighted by Crippen LogP contribution is -2.03. The molecule has 0 aliphatic heterocycles. The molecule has 0 radical (unpaired) electrons. The topological polar surface area (TPSA) is 74.4 Å². The van der Waals surface area contributed by atoms with Gasteiger partial charge < -0.3 is 15.2 Å². The Kier molecular flexibility index (Phi) is 2.82. The van der Waals surface area contributed by atoms with E-state index in [4.69, 9.17) is 10.5 Å². The molecule has 0 saturated carbocycles. The van der Waals surface area contributed by atoms with Gasteiger partial charge in [0.2, 0.25) is 0 Å². The first-order valence-corrected chi connectivity index (χ1v) is 4.97. The number of esters is 1. The first-order chi connectivity index (χ1) is 8.15. The van der Waals surface area contributed by atoms with Gasteiger partial charge in [-0.05, 0) is 23.6 Å². The molecule has 0 atom stereocenters. The van der Waals surface area contributed by atoms with E-state index in [0.29, 0.717) is 11.4 Å². The van der Waals surface area contributed by atoms with E-state index in [1.807, 2.05) is 0 Å². The summed E-state index contributed by atoms with van der Waals surface area (Å²) in [4.78, 5) is 15.3. The lowest BCUT2D eigenvalue weighted by Gasteiger charge is -2.07. The summed E-state index contributed by atoms with van der Waals surface area (Å²) in [5, 5.41) is 1.67. The Morgan fingerprint density at radius 1 is 1.24 bits per heavy atom. The first kappa shape index (κ1) is 11.2. The molecule has 0 saturated heterocycles. The summed E-state index contributed by atoms with van der Waals surface area (Å²) in [6.07, 6.45) is 1.59. The fourth-order valence-corrected chi connectivity index (χ4v) is 1.58. The van der Waals surface area contributed by atoms with Crippen LogP contribution in [0.2, 0.25) is 0 Å². The molecule has 5 nitrogen and oxygen atoms in total. The monoisotopic (exact) mass is 232 g/mol. The second-order valence-corrected chi connectivity index (χ2v) is 3.50. The quantitative estimate of drug-likeness (QED) is 0.629. The van der Waals surface area contributed by atoms with E-state index in [1.165, 1.54) is 7.11 Å². The summed E-state index contributed by atoms with van der Waals surface area (Å²) in [6, 6.07) is 5.15. The molecular formula is C12H12N2O3. The van der Waals surface area contributed by atoms with E-state index < -0.39 is 5.97 Å². The molecule has 5 heteroatoms. The number of nitrogen functional groups attached to an aromatic ring is 1. The van der Waals surface area contributed by atoms with E-state index >= 15 is 0 Å². The van der Waals surface area contributed by atoms with Crippen molar-refractivity contribution in [2.24, 2.45) is 0 Å². The predicted octanol–water partition coefficient (Wildman–Crippen LogP) is 1.61. The van der Waals surface area contributed by atoms with Gasteiger partial charge in [-0.2, -0.15) is 0 Å². The normalized spacial score (nSPS) is 10.2. The molecule has 0 spiro atoms. The van der Waals surface area contributed by atoms with Crippen LogP contribution in [0, 0.1) is 0 Å². The average Bonchev–Trinajstić information content (AvgIpc) is 2.36. The number of hydrogen-bond acceptors (Lipinski definition) is 5. The number of fused-ring (bicyclic) bond motifs is 1. The Morgan fingerprint density at radius 2 is 2.00 bits per heavy atom. The van der Waals surface area contributed by atoms with Crippen molar-refractivity contribution in [3.63, 3.8) is 0 Å².